The number of benzene rings is 1. The van der Waals surface area contributed by atoms with Crippen molar-refractivity contribution in [1.29, 1.82) is 0 Å². The van der Waals surface area contributed by atoms with E-state index >= 15 is 0 Å². The zero-order valence-corrected chi connectivity index (χ0v) is 9.36. The molecular weight excluding hydrogens is 200 g/mol. The number of amides is 1. The predicted octanol–water partition coefficient (Wildman–Crippen LogP) is 1.38. The summed E-state index contributed by atoms with van der Waals surface area (Å²) >= 11 is 0. The Morgan fingerprint density at radius 1 is 1.38 bits per heavy atom. The quantitative estimate of drug-likeness (QED) is 0.708. The van der Waals surface area contributed by atoms with Crippen LogP contribution in [0.1, 0.15) is 18.4 Å². The van der Waals surface area contributed by atoms with Gasteiger partial charge in [-0.15, -0.1) is 6.58 Å². The van der Waals surface area contributed by atoms with Gasteiger partial charge < -0.3 is 11.5 Å². The zero-order valence-electron chi connectivity index (χ0n) is 9.36. The molecule has 1 amide bonds. The summed E-state index contributed by atoms with van der Waals surface area (Å²) in [7, 11) is 0. The molecule has 1 aromatic rings. The highest BCUT2D eigenvalue weighted by atomic mass is 16.1. The monoisotopic (exact) mass is 218 g/mol. The van der Waals surface area contributed by atoms with Crippen molar-refractivity contribution >= 4 is 5.91 Å². The lowest BCUT2D eigenvalue weighted by Crippen LogP contribution is -2.51. The molecular formula is C13H18N2O. The maximum atomic E-state index is 11.3. The Labute approximate surface area is 96.1 Å². The molecule has 0 saturated heterocycles. The van der Waals surface area contributed by atoms with Gasteiger partial charge in [-0.05, 0) is 24.8 Å². The minimum atomic E-state index is -0.975. The van der Waals surface area contributed by atoms with E-state index in [1.54, 1.807) is 6.08 Å². The van der Waals surface area contributed by atoms with Crippen LogP contribution in [0.4, 0.5) is 0 Å². The van der Waals surface area contributed by atoms with Crippen molar-refractivity contribution in [1.82, 2.24) is 0 Å². The normalized spacial score (nSPS) is 14.1. The molecule has 3 heteroatoms. The molecule has 1 atom stereocenters. The van der Waals surface area contributed by atoms with Gasteiger partial charge in [-0.25, -0.2) is 0 Å². The van der Waals surface area contributed by atoms with Crippen LogP contribution in [0.25, 0.3) is 0 Å². The molecule has 1 rings (SSSR count). The van der Waals surface area contributed by atoms with Crippen LogP contribution in [0.5, 0.6) is 0 Å². The summed E-state index contributed by atoms with van der Waals surface area (Å²) in [5.74, 6) is -0.469. The van der Waals surface area contributed by atoms with E-state index in [2.05, 4.69) is 6.58 Å². The molecule has 16 heavy (non-hydrogen) atoms. The molecule has 4 N–H and O–H groups in total. The molecule has 3 nitrogen and oxygen atoms in total. The van der Waals surface area contributed by atoms with Crippen LogP contribution in [0, 0.1) is 0 Å². The first-order valence-electron chi connectivity index (χ1n) is 5.32. The predicted molar refractivity (Wildman–Crippen MR) is 65.7 cm³/mol. The fourth-order valence-corrected chi connectivity index (χ4v) is 1.60. The van der Waals surface area contributed by atoms with Crippen LogP contribution < -0.4 is 11.5 Å². The lowest BCUT2D eigenvalue weighted by molar-refractivity contribution is -0.123. The van der Waals surface area contributed by atoms with Gasteiger partial charge >= 0.3 is 0 Å². The smallest absolute Gasteiger partial charge is 0.237 e. The summed E-state index contributed by atoms with van der Waals surface area (Å²) in [6, 6.07) is 9.90. The Balaban J connectivity index is 2.64. The van der Waals surface area contributed by atoms with Gasteiger partial charge in [-0.2, -0.15) is 0 Å². The number of carbonyl (C=O) groups is 1. The lowest BCUT2D eigenvalue weighted by Gasteiger charge is -2.24. The van der Waals surface area contributed by atoms with Gasteiger partial charge in [0.1, 0.15) is 0 Å². The number of primary amides is 1. The molecule has 1 aromatic carbocycles. The molecule has 0 aliphatic carbocycles. The Bertz CT molecular complexity index is 361. The second-order valence-electron chi connectivity index (χ2n) is 4.00. The molecule has 0 aliphatic heterocycles. The number of nitrogens with two attached hydrogens (primary N) is 2. The molecule has 0 bridgehead atoms. The fraction of sp³-hybridized carbons (Fsp3) is 0.308. The third kappa shape index (κ3) is 3.21. The van der Waals surface area contributed by atoms with Crippen LogP contribution in [-0.2, 0) is 11.2 Å². The van der Waals surface area contributed by atoms with Gasteiger partial charge in [0, 0.05) is 0 Å². The molecule has 0 heterocycles. The largest absolute Gasteiger partial charge is 0.368 e. The van der Waals surface area contributed by atoms with E-state index < -0.39 is 11.4 Å². The maximum absolute atomic E-state index is 11.3. The third-order valence-corrected chi connectivity index (χ3v) is 2.70. The maximum Gasteiger partial charge on any atom is 0.237 e. The second-order valence-corrected chi connectivity index (χ2v) is 4.00. The van der Waals surface area contributed by atoms with Gasteiger partial charge in [0.15, 0.2) is 0 Å². The minimum Gasteiger partial charge on any atom is -0.368 e. The van der Waals surface area contributed by atoms with Gasteiger partial charge in [-0.1, -0.05) is 36.4 Å². The highest BCUT2D eigenvalue weighted by Gasteiger charge is 2.29. The Hall–Kier alpha value is -1.61. The number of aryl methyl sites for hydroxylation is 1. The van der Waals surface area contributed by atoms with Crippen LogP contribution in [-0.4, -0.2) is 11.4 Å². The average Bonchev–Trinajstić information content (AvgIpc) is 2.28. The van der Waals surface area contributed by atoms with Crippen molar-refractivity contribution in [3.8, 4) is 0 Å². The number of hydrogen-bond donors (Lipinski definition) is 2. The van der Waals surface area contributed by atoms with Crippen molar-refractivity contribution in [2.75, 3.05) is 0 Å². The molecule has 0 saturated carbocycles. The van der Waals surface area contributed by atoms with Gasteiger partial charge in [0.05, 0.1) is 5.54 Å². The average molecular weight is 218 g/mol. The van der Waals surface area contributed by atoms with E-state index in [1.807, 2.05) is 30.3 Å². The molecule has 1 unspecified atom stereocenters. The first-order valence-corrected chi connectivity index (χ1v) is 5.32. The van der Waals surface area contributed by atoms with Crippen molar-refractivity contribution in [2.45, 2.75) is 24.8 Å². The third-order valence-electron chi connectivity index (χ3n) is 2.70. The zero-order chi connectivity index (χ0) is 12.0. The van der Waals surface area contributed by atoms with Crippen molar-refractivity contribution in [3.05, 3.63) is 48.6 Å². The number of hydrogen-bond acceptors (Lipinski definition) is 2. The van der Waals surface area contributed by atoms with E-state index in [9.17, 15) is 4.79 Å². The minimum absolute atomic E-state index is 0.412. The van der Waals surface area contributed by atoms with E-state index in [0.717, 1.165) is 12.0 Å². The summed E-state index contributed by atoms with van der Waals surface area (Å²) in [6.07, 6.45) is 3.33. The summed E-state index contributed by atoms with van der Waals surface area (Å²) < 4.78 is 0. The number of carbonyl (C=O) groups excluding carboxylic acids is 1. The molecule has 0 radical (unpaired) electrons. The van der Waals surface area contributed by atoms with Crippen LogP contribution in [0.2, 0.25) is 0 Å². The fourth-order valence-electron chi connectivity index (χ4n) is 1.60. The lowest BCUT2D eigenvalue weighted by atomic mass is 9.88. The summed E-state index contributed by atoms with van der Waals surface area (Å²) in [4.78, 5) is 11.3. The van der Waals surface area contributed by atoms with E-state index in [0.29, 0.717) is 12.8 Å². The first-order chi connectivity index (χ1) is 7.58. The van der Waals surface area contributed by atoms with Crippen LogP contribution in [0.3, 0.4) is 0 Å². The topological polar surface area (TPSA) is 69.1 Å². The summed E-state index contributed by atoms with van der Waals surface area (Å²) in [5.41, 5.74) is 11.4. The number of rotatable bonds is 6. The highest BCUT2D eigenvalue weighted by Crippen LogP contribution is 2.16. The van der Waals surface area contributed by atoms with Gasteiger partial charge in [-0.3, -0.25) is 4.79 Å². The van der Waals surface area contributed by atoms with Crippen LogP contribution in [0.15, 0.2) is 43.0 Å². The molecule has 0 aromatic heterocycles. The second kappa shape index (κ2) is 5.47. The van der Waals surface area contributed by atoms with Crippen molar-refractivity contribution in [3.63, 3.8) is 0 Å². The van der Waals surface area contributed by atoms with E-state index in [-0.39, 0.29) is 0 Å². The molecule has 0 fully saturated rings. The standard InChI is InChI=1S/C13H18N2O/c1-2-9-13(15,12(14)16)10-8-11-6-4-3-5-7-11/h2-7H,1,8-10,15H2,(H2,14,16). The Morgan fingerprint density at radius 3 is 2.50 bits per heavy atom. The highest BCUT2D eigenvalue weighted by molar-refractivity contribution is 5.84. The Morgan fingerprint density at radius 2 is 2.00 bits per heavy atom. The molecule has 0 aliphatic rings. The summed E-state index contributed by atoms with van der Waals surface area (Å²) in [6.45, 7) is 3.60. The van der Waals surface area contributed by atoms with Gasteiger partial charge in [0.25, 0.3) is 0 Å². The van der Waals surface area contributed by atoms with E-state index in [1.165, 1.54) is 0 Å². The molecule has 0 spiro atoms. The van der Waals surface area contributed by atoms with Crippen molar-refractivity contribution in [2.24, 2.45) is 11.5 Å². The van der Waals surface area contributed by atoms with Gasteiger partial charge in [0.2, 0.25) is 5.91 Å². The van der Waals surface area contributed by atoms with E-state index in [4.69, 9.17) is 11.5 Å². The molecule has 86 valence electrons. The first kappa shape index (κ1) is 12.5. The Kier molecular flexibility index (Phi) is 4.26. The van der Waals surface area contributed by atoms with Crippen LogP contribution >= 0.6 is 0 Å². The summed E-state index contributed by atoms with van der Waals surface area (Å²) in [5, 5.41) is 0. The SMILES string of the molecule is C=CCC(N)(CCc1ccccc1)C(N)=O. The van der Waals surface area contributed by atoms with Crippen molar-refractivity contribution < 1.29 is 4.79 Å².